The molecule has 0 saturated heterocycles. The molecule has 0 aromatic heterocycles. The van der Waals surface area contributed by atoms with Crippen molar-refractivity contribution in [3.63, 3.8) is 0 Å². The second-order valence-corrected chi connectivity index (χ2v) is 6.05. The maximum Gasteiger partial charge on any atom is 0.335 e. The maximum atomic E-state index is 12.0. The van der Waals surface area contributed by atoms with Crippen molar-refractivity contribution in [2.45, 2.75) is 44.6 Å². The Balaban J connectivity index is 1.54. The van der Waals surface area contributed by atoms with E-state index in [1.54, 1.807) is 0 Å². The summed E-state index contributed by atoms with van der Waals surface area (Å²) in [6.45, 7) is 1.62. The molecule has 0 spiro atoms. The summed E-state index contributed by atoms with van der Waals surface area (Å²) < 4.78 is 5.68. The van der Waals surface area contributed by atoms with Gasteiger partial charge in [0.05, 0.1) is 0 Å². The topological polar surface area (TPSA) is 72.9 Å². The van der Waals surface area contributed by atoms with Gasteiger partial charge in [-0.3, -0.25) is 14.4 Å². The number of esters is 1. The number of carbonyl (C=O) groups excluding carboxylic acids is 3. The van der Waals surface area contributed by atoms with Crippen molar-refractivity contribution in [3.05, 3.63) is 12.2 Å². The quantitative estimate of drug-likeness (QED) is 0.565. The standard InChI is InChI=1S/C15H19NO5/c1-2-15(8-10-3-4-11(15)7-10)21-14(19)9-20-16-12(17)5-6-13(16)18/h5-6,10-11H,2-4,7-9H2,1H3. The largest absolute Gasteiger partial charge is 0.457 e. The number of rotatable bonds is 5. The fourth-order valence-electron chi connectivity index (χ4n) is 3.91. The lowest BCUT2D eigenvalue weighted by atomic mass is 9.82. The number of hydrogen-bond donors (Lipinski definition) is 0. The number of carbonyl (C=O) groups is 3. The van der Waals surface area contributed by atoms with Crippen molar-refractivity contribution in [1.29, 1.82) is 0 Å². The van der Waals surface area contributed by atoms with Crippen molar-refractivity contribution in [3.8, 4) is 0 Å². The van der Waals surface area contributed by atoms with E-state index >= 15 is 0 Å². The van der Waals surface area contributed by atoms with Gasteiger partial charge in [0.15, 0.2) is 6.61 Å². The van der Waals surface area contributed by atoms with Crippen molar-refractivity contribution in [2.75, 3.05) is 6.61 Å². The fourth-order valence-corrected chi connectivity index (χ4v) is 3.91. The van der Waals surface area contributed by atoms with Gasteiger partial charge in [0.1, 0.15) is 5.60 Å². The highest BCUT2D eigenvalue weighted by Gasteiger charge is 2.52. The molecule has 2 amide bonds. The van der Waals surface area contributed by atoms with Crippen LogP contribution in [-0.4, -0.2) is 35.1 Å². The lowest BCUT2D eigenvalue weighted by molar-refractivity contribution is -0.199. The van der Waals surface area contributed by atoms with Gasteiger partial charge in [0.2, 0.25) is 0 Å². The van der Waals surface area contributed by atoms with Crippen molar-refractivity contribution >= 4 is 17.8 Å². The van der Waals surface area contributed by atoms with E-state index in [4.69, 9.17) is 9.57 Å². The van der Waals surface area contributed by atoms with Gasteiger partial charge in [-0.25, -0.2) is 4.79 Å². The van der Waals surface area contributed by atoms with E-state index < -0.39 is 24.4 Å². The highest BCUT2D eigenvalue weighted by molar-refractivity contribution is 6.11. The molecule has 2 bridgehead atoms. The van der Waals surface area contributed by atoms with E-state index in [-0.39, 0.29) is 5.60 Å². The second-order valence-electron chi connectivity index (χ2n) is 6.05. The summed E-state index contributed by atoms with van der Waals surface area (Å²) in [5.41, 5.74) is -0.374. The molecule has 21 heavy (non-hydrogen) atoms. The third-order valence-electron chi connectivity index (χ3n) is 4.92. The molecule has 3 aliphatic rings. The predicted octanol–water partition coefficient (Wildman–Crippen LogP) is 1.35. The summed E-state index contributed by atoms with van der Waals surface area (Å²) in [6, 6.07) is 0. The minimum absolute atomic E-state index is 0.374. The third kappa shape index (κ3) is 2.48. The summed E-state index contributed by atoms with van der Waals surface area (Å²) in [5.74, 6) is -0.560. The molecule has 114 valence electrons. The van der Waals surface area contributed by atoms with Crippen molar-refractivity contribution in [2.24, 2.45) is 11.8 Å². The first kappa shape index (κ1) is 14.3. The smallest absolute Gasteiger partial charge is 0.335 e. The monoisotopic (exact) mass is 293 g/mol. The Kier molecular flexibility index (Phi) is 3.57. The number of ether oxygens (including phenoxy) is 1. The first-order valence-electron chi connectivity index (χ1n) is 7.45. The van der Waals surface area contributed by atoms with Crippen LogP contribution in [0.25, 0.3) is 0 Å². The SMILES string of the molecule is CCC1(OC(=O)CON2C(=O)C=CC2=O)CC2CCC1C2. The number of hydroxylamine groups is 2. The molecule has 3 rings (SSSR count). The zero-order valence-corrected chi connectivity index (χ0v) is 12.0. The van der Waals surface area contributed by atoms with Gasteiger partial charge in [-0.1, -0.05) is 6.92 Å². The van der Waals surface area contributed by atoms with Crippen LogP contribution >= 0.6 is 0 Å². The molecule has 0 aromatic carbocycles. The highest BCUT2D eigenvalue weighted by Crippen LogP contribution is 2.54. The Morgan fingerprint density at radius 1 is 1.33 bits per heavy atom. The predicted molar refractivity (Wildman–Crippen MR) is 71.5 cm³/mol. The molecule has 6 heteroatoms. The molecule has 2 aliphatic carbocycles. The molecule has 1 aliphatic heterocycles. The highest BCUT2D eigenvalue weighted by atomic mass is 16.7. The average Bonchev–Trinajstić information content (AvgIpc) is 3.13. The zero-order valence-electron chi connectivity index (χ0n) is 12.0. The number of amides is 2. The summed E-state index contributed by atoms with van der Waals surface area (Å²) in [7, 11) is 0. The van der Waals surface area contributed by atoms with Crippen LogP contribution in [0.1, 0.15) is 39.0 Å². The normalized spacial score (nSPS) is 34.0. The van der Waals surface area contributed by atoms with Crippen molar-refractivity contribution < 1.29 is 24.0 Å². The van der Waals surface area contributed by atoms with Crippen molar-refractivity contribution in [1.82, 2.24) is 5.06 Å². The number of nitrogens with zero attached hydrogens (tertiary/aromatic N) is 1. The van der Waals surface area contributed by atoms with Gasteiger partial charge < -0.3 is 4.74 Å². The molecule has 3 atom stereocenters. The molecule has 1 heterocycles. The molecule has 6 nitrogen and oxygen atoms in total. The van der Waals surface area contributed by atoms with E-state index in [9.17, 15) is 14.4 Å². The van der Waals surface area contributed by atoms with Gasteiger partial charge in [0.25, 0.3) is 11.8 Å². The zero-order chi connectivity index (χ0) is 15.0. The van der Waals surface area contributed by atoms with E-state index in [1.807, 2.05) is 6.92 Å². The van der Waals surface area contributed by atoms with Gasteiger partial charge in [-0.05, 0) is 43.9 Å². The number of hydrogen-bond acceptors (Lipinski definition) is 5. The third-order valence-corrected chi connectivity index (χ3v) is 4.92. The molecular weight excluding hydrogens is 274 g/mol. The van der Waals surface area contributed by atoms with Crippen LogP contribution < -0.4 is 0 Å². The van der Waals surface area contributed by atoms with Crippen LogP contribution in [0.15, 0.2) is 12.2 Å². The second kappa shape index (κ2) is 5.26. The van der Waals surface area contributed by atoms with Crippen LogP contribution in [0, 0.1) is 11.8 Å². The van der Waals surface area contributed by atoms with E-state index in [0.29, 0.717) is 16.9 Å². The summed E-state index contributed by atoms with van der Waals surface area (Å²) in [5, 5.41) is 0.584. The Morgan fingerprint density at radius 3 is 2.57 bits per heavy atom. The number of imide groups is 1. The van der Waals surface area contributed by atoms with Gasteiger partial charge in [-0.15, -0.1) is 5.06 Å². The molecule has 0 N–H and O–H groups in total. The minimum Gasteiger partial charge on any atom is -0.457 e. The molecule has 3 unspecified atom stereocenters. The molecule has 2 saturated carbocycles. The summed E-state index contributed by atoms with van der Waals surface area (Å²) in [4.78, 5) is 39.6. The van der Waals surface area contributed by atoms with Crippen LogP contribution in [0.4, 0.5) is 0 Å². The van der Waals surface area contributed by atoms with E-state index in [2.05, 4.69) is 0 Å². The lowest BCUT2D eigenvalue weighted by Gasteiger charge is -2.36. The molecule has 0 radical (unpaired) electrons. The molecular formula is C15H19NO5. The van der Waals surface area contributed by atoms with Gasteiger partial charge in [-0.2, -0.15) is 0 Å². The van der Waals surface area contributed by atoms with Crippen LogP contribution in [0.5, 0.6) is 0 Å². The Morgan fingerprint density at radius 2 is 2.05 bits per heavy atom. The fraction of sp³-hybridized carbons (Fsp3) is 0.667. The van der Waals surface area contributed by atoms with E-state index in [1.165, 1.54) is 6.42 Å². The Bertz CT molecular complexity index is 496. The Hall–Kier alpha value is -1.69. The van der Waals surface area contributed by atoms with E-state index in [0.717, 1.165) is 37.8 Å². The van der Waals surface area contributed by atoms with Crippen LogP contribution in [0.3, 0.4) is 0 Å². The summed E-state index contributed by atoms with van der Waals surface area (Å²) in [6.07, 6.45) is 7.40. The molecule has 2 fully saturated rings. The maximum absolute atomic E-state index is 12.0. The Labute approximate surface area is 123 Å². The lowest BCUT2D eigenvalue weighted by Crippen LogP contribution is -2.42. The first-order valence-corrected chi connectivity index (χ1v) is 7.45. The van der Waals surface area contributed by atoms with Gasteiger partial charge >= 0.3 is 5.97 Å². The summed E-state index contributed by atoms with van der Waals surface area (Å²) >= 11 is 0. The van der Waals surface area contributed by atoms with Crippen LogP contribution in [0.2, 0.25) is 0 Å². The van der Waals surface area contributed by atoms with Crippen LogP contribution in [-0.2, 0) is 24.0 Å². The average molecular weight is 293 g/mol. The first-order chi connectivity index (χ1) is 10.0. The number of fused-ring (bicyclic) bond motifs is 2. The van der Waals surface area contributed by atoms with Gasteiger partial charge in [0, 0.05) is 12.2 Å². The molecule has 0 aromatic rings. The minimum atomic E-state index is -0.571.